The molecule has 0 aliphatic carbocycles. The van der Waals surface area contributed by atoms with E-state index >= 15 is 0 Å². The summed E-state index contributed by atoms with van der Waals surface area (Å²) in [6.07, 6.45) is 1.42. The van der Waals surface area contributed by atoms with Crippen molar-refractivity contribution in [3.8, 4) is 5.75 Å². The third kappa shape index (κ3) is 3.07. The van der Waals surface area contributed by atoms with Crippen LogP contribution in [-0.2, 0) is 0 Å². The van der Waals surface area contributed by atoms with Gasteiger partial charge in [0.2, 0.25) is 0 Å². The van der Waals surface area contributed by atoms with Gasteiger partial charge in [0.25, 0.3) is 0 Å². The lowest BCUT2D eigenvalue weighted by molar-refractivity contribution is 0.0958. The summed E-state index contributed by atoms with van der Waals surface area (Å²) < 4.78 is 5.16. The normalized spacial score (nSPS) is 12.2. The summed E-state index contributed by atoms with van der Waals surface area (Å²) in [5.41, 5.74) is 6.25. The lowest BCUT2D eigenvalue weighted by Crippen LogP contribution is -2.17. The summed E-state index contributed by atoms with van der Waals surface area (Å²) in [6.45, 7) is 2.60. The van der Waals surface area contributed by atoms with E-state index in [4.69, 9.17) is 10.5 Å². The monoisotopic (exact) mass is 221 g/mol. The molecule has 0 bridgehead atoms. The topological polar surface area (TPSA) is 52.3 Å². The lowest BCUT2D eigenvalue weighted by atomic mass is 9.96. The number of nitrogens with two attached hydrogens (primary N) is 1. The van der Waals surface area contributed by atoms with Gasteiger partial charge in [-0.3, -0.25) is 4.79 Å². The molecule has 1 aromatic rings. The van der Waals surface area contributed by atoms with Crippen LogP contribution in [0.2, 0.25) is 0 Å². The number of hydrogen-bond donors (Lipinski definition) is 1. The van der Waals surface area contributed by atoms with Crippen LogP contribution >= 0.6 is 0 Å². The van der Waals surface area contributed by atoms with E-state index in [-0.39, 0.29) is 11.7 Å². The van der Waals surface area contributed by atoms with E-state index in [1.807, 2.05) is 19.1 Å². The SMILES string of the molecule is CCC(CN)CC(=O)c1ccccc1OC. The third-order valence-corrected chi connectivity index (χ3v) is 2.79. The van der Waals surface area contributed by atoms with Crippen LogP contribution in [0.25, 0.3) is 0 Å². The highest BCUT2D eigenvalue weighted by Crippen LogP contribution is 2.21. The molecule has 0 saturated carbocycles. The van der Waals surface area contributed by atoms with Crippen molar-refractivity contribution in [3.63, 3.8) is 0 Å². The predicted octanol–water partition coefficient (Wildman–Crippen LogP) is 2.25. The Hall–Kier alpha value is -1.35. The first-order valence-corrected chi connectivity index (χ1v) is 5.59. The predicted molar refractivity (Wildman–Crippen MR) is 64.8 cm³/mol. The van der Waals surface area contributed by atoms with Crippen molar-refractivity contribution in [3.05, 3.63) is 29.8 Å². The molecule has 3 nitrogen and oxygen atoms in total. The first-order valence-electron chi connectivity index (χ1n) is 5.59. The standard InChI is InChI=1S/C13H19NO2/c1-3-10(9-14)8-12(15)11-6-4-5-7-13(11)16-2/h4-7,10H,3,8-9,14H2,1-2H3. The molecular weight excluding hydrogens is 202 g/mol. The smallest absolute Gasteiger partial charge is 0.166 e. The highest BCUT2D eigenvalue weighted by atomic mass is 16.5. The van der Waals surface area contributed by atoms with Gasteiger partial charge in [-0.05, 0) is 24.6 Å². The van der Waals surface area contributed by atoms with Crippen LogP contribution in [0.1, 0.15) is 30.1 Å². The molecule has 1 rings (SSSR count). The van der Waals surface area contributed by atoms with Gasteiger partial charge >= 0.3 is 0 Å². The summed E-state index contributed by atoms with van der Waals surface area (Å²) in [5.74, 6) is 1.01. The van der Waals surface area contributed by atoms with Gasteiger partial charge in [0.05, 0.1) is 12.7 Å². The van der Waals surface area contributed by atoms with Gasteiger partial charge in [0.1, 0.15) is 5.75 Å². The molecule has 2 N–H and O–H groups in total. The molecule has 1 unspecified atom stereocenters. The largest absolute Gasteiger partial charge is 0.496 e. The molecule has 0 heterocycles. The average molecular weight is 221 g/mol. The van der Waals surface area contributed by atoms with Gasteiger partial charge < -0.3 is 10.5 Å². The van der Waals surface area contributed by atoms with Gasteiger partial charge in [-0.1, -0.05) is 25.5 Å². The minimum atomic E-state index is 0.106. The second-order valence-corrected chi connectivity index (χ2v) is 3.84. The summed E-state index contributed by atoms with van der Waals surface area (Å²) >= 11 is 0. The zero-order valence-corrected chi connectivity index (χ0v) is 9.90. The van der Waals surface area contributed by atoms with E-state index in [9.17, 15) is 4.79 Å². The Balaban J connectivity index is 2.79. The Kier molecular flexibility index (Phi) is 4.99. The number of hydrogen-bond acceptors (Lipinski definition) is 3. The van der Waals surface area contributed by atoms with Crippen molar-refractivity contribution in [1.29, 1.82) is 0 Å². The summed E-state index contributed by atoms with van der Waals surface area (Å²) in [4.78, 5) is 12.0. The zero-order chi connectivity index (χ0) is 12.0. The molecule has 0 amide bonds. The first kappa shape index (κ1) is 12.7. The van der Waals surface area contributed by atoms with Crippen molar-refractivity contribution in [2.24, 2.45) is 11.7 Å². The maximum absolute atomic E-state index is 12.0. The van der Waals surface area contributed by atoms with Crippen molar-refractivity contribution in [2.45, 2.75) is 19.8 Å². The van der Waals surface area contributed by atoms with Crippen molar-refractivity contribution in [1.82, 2.24) is 0 Å². The number of ketones is 1. The number of Topliss-reactive ketones (excluding diaryl/α,β-unsaturated/α-hetero) is 1. The fourth-order valence-electron chi connectivity index (χ4n) is 1.64. The quantitative estimate of drug-likeness (QED) is 0.750. The molecule has 88 valence electrons. The van der Waals surface area contributed by atoms with Crippen LogP contribution in [0, 0.1) is 5.92 Å². The van der Waals surface area contributed by atoms with Crippen LogP contribution in [-0.4, -0.2) is 19.4 Å². The zero-order valence-electron chi connectivity index (χ0n) is 9.90. The molecule has 0 spiro atoms. The first-order chi connectivity index (χ1) is 7.72. The maximum Gasteiger partial charge on any atom is 0.166 e. The number of carbonyl (C=O) groups is 1. The number of methoxy groups -OCH3 is 1. The second kappa shape index (κ2) is 6.28. The molecule has 3 heteroatoms. The van der Waals surface area contributed by atoms with E-state index in [1.54, 1.807) is 19.2 Å². The molecule has 0 aliphatic heterocycles. The van der Waals surface area contributed by atoms with Gasteiger partial charge in [0.15, 0.2) is 5.78 Å². The fraction of sp³-hybridized carbons (Fsp3) is 0.462. The van der Waals surface area contributed by atoms with Crippen LogP contribution in [0.3, 0.4) is 0 Å². The van der Waals surface area contributed by atoms with Crippen molar-refractivity contribution >= 4 is 5.78 Å². The van der Waals surface area contributed by atoms with Crippen LogP contribution in [0.15, 0.2) is 24.3 Å². The number of para-hydroxylation sites is 1. The van der Waals surface area contributed by atoms with Gasteiger partial charge in [-0.15, -0.1) is 0 Å². The molecule has 0 radical (unpaired) electrons. The second-order valence-electron chi connectivity index (χ2n) is 3.84. The van der Waals surface area contributed by atoms with Crippen LogP contribution in [0.4, 0.5) is 0 Å². The molecule has 1 aromatic carbocycles. The lowest BCUT2D eigenvalue weighted by Gasteiger charge is -2.12. The van der Waals surface area contributed by atoms with Gasteiger partial charge in [0, 0.05) is 6.42 Å². The van der Waals surface area contributed by atoms with Gasteiger partial charge in [-0.25, -0.2) is 0 Å². The van der Waals surface area contributed by atoms with E-state index in [2.05, 4.69) is 0 Å². The highest BCUT2D eigenvalue weighted by Gasteiger charge is 2.15. The number of benzene rings is 1. The Morgan fingerprint density at radius 2 is 2.12 bits per heavy atom. The van der Waals surface area contributed by atoms with Crippen LogP contribution < -0.4 is 10.5 Å². The third-order valence-electron chi connectivity index (χ3n) is 2.79. The van der Waals surface area contributed by atoms with E-state index in [1.165, 1.54) is 0 Å². The van der Waals surface area contributed by atoms with E-state index < -0.39 is 0 Å². The fourth-order valence-corrected chi connectivity index (χ4v) is 1.64. The molecule has 1 atom stereocenters. The van der Waals surface area contributed by atoms with Gasteiger partial charge in [-0.2, -0.15) is 0 Å². The molecule has 16 heavy (non-hydrogen) atoms. The Bertz CT molecular complexity index is 346. The number of ether oxygens (including phenoxy) is 1. The Labute approximate surface area is 96.6 Å². The molecule has 0 saturated heterocycles. The highest BCUT2D eigenvalue weighted by molar-refractivity contribution is 5.98. The minimum Gasteiger partial charge on any atom is -0.496 e. The Morgan fingerprint density at radius 3 is 2.69 bits per heavy atom. The molecule has 0 aliphatic rings. The van der Waals surface area contributed by atoms with Crippen LogP contribution in [0.5, 0.6) is 5.75 Å². The number of rotatable bonds is 6. The molecule has 0 aromatic heterocycles. The average Bonchev–Trinajstić information content (AvgIpc) is 2.35. The molecular formula is C13H19NO2. The minimum absolute atomic E-state index is 0.106. The van der Waals surface area contributed by atoms with E-state index in [0.717, 1.165) is 6.42 Å². The van der Waals surface area contributed by atoms with E-state index in [0.29, 0.717) is 24.3 Å². The van der Waals surface area contributed by atoms with Crippen molar-refractivity contribution < 1.29 is 9.53 Å². The summed E-state index contributed by atoms with van der Waals surface area (Å²) in [5, 5.41) is 0. The Morgan fingerprint density at radius 1 is 1.44 bits per heavy atom. The number of carbonyl (C=O) groups excluding carboxylic acids is 1. The summed E-state index contributed by atoms with van der Waals surface area (Å²) in [6, 6.07) is 7.30. The van der Waals surface area contributed by atoms with Crippen molar-refractivity contribution in [2.75, 3.05) is 13.7 Å². The summed E-state index contributed by atoms with van der Waals surface area (Å²) in [7, 11) is 1.58. The molecule has 0 fully saturated rings. The maximum atomic E-state index is 12.0.